The molecule has 0 amide bonds. The lowest BCUT2D eigenvalue weighted by Gasteiger charge is -2.29. The Morgan fingerprint density at radius 3 is 2.28 bits per heavy atom. The van der Waals surface area contributed by atoms with Gasteiger partial charge in [-0.3, -0.25) is 0 Å². The Morgan fingerprint density at radius 2 is 1.65 bits per heavy atom. The normalized spacial score (nSPS) is 17.9. The molecule has 222 valence electrons. The molecule has 5 aromatic rings. The minimum atomic E-state index is -5.08. The zero-order valence-electron chi connectivity index (χ0n) is 22.8. The first-order chi connectivity index (χ1) is 20.6. The van der Waals surface area contributed by atoms with E-state index in [2.05, 4.69) is 45.9 Å². The van der Waals surface area contributed by atoms with Crippen LogP contribution >= 0.6 is 22.9 Å². The number of alkyl halides is 3. The van der Waals surface area contributed by atoms with E-state index in [4.69, 9.17) is 26.5 Å². The number of carbonyl (C=O) groups is 1. The molecule has 2 aliphatic carbocycles. The molecule has 0 radical (unpaired) electrons. The highest BCUT2D eigenvalue weighted by Crippen LogP contribution is 2.45. The first-order valence-corrected chi connectivity index (χ1v) is 15.1. The topological polar surface area (TPSA) is 88.2 Å². The minimum Gasteiger partial charge on any atom is -0.475 e. The average molecular weight is 626 g/mol. The molecule has 43 heavy (non-hydrogen) atoms. The quantitative estimate of drug-likeness (QED) is 0.209. The van der Waals surface area contributed by atoms with Crippen LogP contribution in [0.25, 0.3) is 11.0 Å². The summed E-state index contributed by atoms with van der Waals surface area (Å²) in [7, 11) is 0. The number of nitrogens with zero attached hydrogens (tertiary/aromatic N) is 3. The molecule has 2 unspecified atom stereocenters. The number of aliphatic carboxylic acids is 1. The molecule has 3 aromatic carbocycles. The molecular weight excluding hydrogens is 599 g/mol. The summed E-state index contributed by atoms with van der Waals surface area (Å²) in [5, 5.41) is 22.6. The number of thiazole rings is 1. The van der Waals surface area contributed by atoms with Crippen LogP contribution in [0.3, 0.4) is 0 Å². The van der Waals surface area contributed by atoms with Gasteiger partial charge in [0.1, 0.15) is 10.8 Å². The fourth-order valence-electron chi connectivity index (χ4n) is 5.76. The largest absolute Gasteiger partial charge is 0.490 e. The summed E-state index contributed by atoms with van der Waals surface area (Å²) in [6.45, 7) is 0. The van der Waals surface area contributed by atoms with Crippen LogP contribution in [-0.4, -0.2) is 36.9 Å². The smallest absolute Gasteiger partial charge is 0.475 e. The maximum Gasteiger partial charge on any atom is 0.490 e. The Hall–Kier alpha value is -3.73. The minimum absolute atomic E-state index is 0.360. The number of halogens is 4. The number of carboxylic acids is 1. The lowest BCUT2D eigenvalue weighted by atomic mass is 9.86. The second kappa shape index (κ2) is 11.4. The van der Waals surface area contributed by atoms with E-state index in [1.165, 1.54) is 41.1 Å². The summed E-state index contributed by atoms with van der Waals surface area (Å²) < 4.78 is 34.2. The van der Waals surface area contributed by atoms with Crippen LogP contribution in [0.4, 0.5) is 13.2 Å². The SMILES string of the molecule is O=C(O)C(F)(F)F.OC(c1ccc(Cl)cc1)(c1ccc2nc(C3CC3)n(C3CCc4ccccc4C3)c2c1)c1nccs1. The van der Waals surface area contributed by atoms with Gasteiger partial charge in [-0.05, 0) is 78.6 Å². The van der Waals surface area contributed by atoms with Gasteiger partial charge in [0.25, 0.3) is 0 Å². The van der Waals surface area contributed by atoms with E-state index in [1.54, 1.807) is 6.20 Å². The van der Waals surface area contributed by atoms with Crippen LogP contribution in [-0.2, 0) is 23.2 Å². The van der Waals surface area contributed by atoms with Gasteiger partial charge < -0.3 is 14.8 Å². The second-order valence-corrected chi connectivity index (χ2v) is 12.2. The molecule has 0 aliphatic heterocycles. The van der Waals surface area contributed by atoms with E-state index in [9.17, 15) is 18.3 Å². The van der Waals surface area contributed by atoms with Crippen molar-refractivity contribution < 1.29 is 28.2 Å². The molecule has 0 bridgehead atoms. The summed E-state index contributed by atoms with van der Waals surface area (Å²) in [5.41, 5.74) is 5.18. The van der Waals surface area contributed by atoms with Crippen LogP contribution in [0.2, 0.25) is 5.02 Å². The van der Waals surface area contributed by atoms with Crippen molar-refractivity contribution in [1.29, 1.82) is 0 Å². The fourth-order valence-corrected chi connectivity index (χ4v) is 6.66. The zero-order chi connectivity index (χ0) is 30.4. The highest BCUT2D eigenvalue weighted by Gasteiger charge is 2.39. The molecular formula is C32H27ClF3N3O3S. The molecule has 0 saturated heterocycles. The first kappa shape index (κ1) is 29.3. The van der Waals surface area contributed by atoms with E-state index in [-0.39, 0.29) is 0 Å². The van der Waals surface area contributed by atoms with Crippen LogP contribution in [0, 0.1) is 0 Å². The van der Waals surface area contributed by atoms with Gasteiger partial charge in [-0.1, -0.05) is 54.1 Å². The molecule has 1 saturated carbocycles. The number of hydrogen-bond acceptors (Lipinski definition) is 5. The van der Waals surface area contributed by atoms with Gasteiger partial charge in [0.15, 0.2) is 5.60 Å². The standard InChI is InChI=1S/C30H26ClN3OS.C2HF3O2/c31-24-11-8-22(9-12-24)30(35,29-32-15-16-36-29)23-10-14-26-27(18-23)34(28(33-26)20-5-6-20)25-13-7-19-3-1-2-4-21(19)17-25;3-2(4,5)1(6)7/h1-4,8-12,14-16,18,20,25,35H,5-7,13,17H2;(H,6,7). The lowest BCUT2D eigenvalue weighted by Crippen LogP contribution is -2.29. The Balaban J connectivity index is 0.000000423. The predicted molar refractivity (Wildman–Crippen MR) is 159 cm³/mol. The van der Waals surface area contributed by atoms with Crippen molar-refractivity contribution in [3.05, 3.63) is 116 Å². The van der Waals surface area contributed by atoms with Crippen molar-refractivity contribution in [2.24, 2.45) is 0 Å². The number of benzene rings is 3. The Morgan fingerprint density at radius 1 is 0.977 bits per heavy atom. The van der Waals surface area contributed by atoms with Gasteiger partial charge in [0.2, 0.25) is 0 Å². The average Bonchev–Trinajstić information content (AvgIpc) is 3.54. The summed E-state index contributed by atoms with van der Waals surface area (Å²) in [6, 6.07) is 22.8. The van der Waals surface area contributed by atoms with Gasteiger partial charge >= 0.3 is 12.1 Å². The molecule has 2 atom stereocenters. The number of aromatic nitrogens is 3. The van der Waals surface area contributed by atoms with Crippen molar-refractivity contribution in [2.75, 3.05) is 0 Å². The predicted octanol–water partition coefficient (Wildman–Crippen LogP) is 7.67. The number of carboxylic acid groups (broad SMARTS) is 1. The van der Waals surface area contributed by atoms with Gasteiger partial charge in [-0.2, -0.15) is 13.2 Å². The Bertz CT molecular complexity index is 1770. The van der Waals surface area contributed by atoms with E-state index >= 15 is 0 Å². The number of hydrogen-bond donors (Lipinski definition) is 2. The Kier molecular flexibility index (Phi) is 7.78. The molecule has 2 N–H and O–H groups in total. The maximum absolute atomic E-state index is 12.3. The third-order valence-electron chi connectivity index (χ3n) is 8.01. The lowest BCUT2D eigenvalue weighted by molar-refractivity contribution is -0.192. The van der Waals surface area contributed by atoms with Gasteiger partial charge in [-0.15, -0.1) is 11.3 Å². The van der Waals surface area contributed by atoms with Crippen molar-refractivity contribution in [1.82, 2.24) is 14.5 Å². The number of aryl methyl sites for hydroxylation is 1. The van der Waals surface area contributed by atoms with E-state index in [0.29, 0.717) is 22.0 Å². The van der Waals surface area contributed by atoms with Crippen molar-refractivity contribution >= 4 is 39.9 Å². The van der Waals surface area contributed by atoms with Gasteiger partial charge in [-0.25, -0.2) is 14.8 Å². The molecule has 0 spiro atoms. The number of rotatable bonds is 5. The van der Waals surface area contributed by atoms with E-state index in [1.807, 2.05) is 35.7 Å². The number of fused-ring (bicyclic) bond motifs is 2. The van der Waals surface area contributed by atoms with Crippen molar-refractivity contribution in [3.8, 4) is 0 Å². The summed E-state index contributed by atoms with van der Waals surface area (Å²) in [6.07, 6.45) is 2.26. The third-order valence-corrected chi connectivity index (χ3v) is 9.14. The molecule has 2 heterocycles. The molecule has 7 rings (SSSR count). The van der Waals surface area contributed by atoms with E-state index < -0.39 is 17.7 Å². The summed E-state index contributed by atoms with van der Waals surface area (Å²) >= 11 is 7.64. The van der Waals surface area contributed by atoms with Gasteiger partial charge in [0, 0.05) is 28.6 Å². The molecule has 2 aromatic heterocycles. The highest BCUT2D eigenvalue weighted by atomic mass is 35.5. The van der Waals surface area contributed by atoms with Crippen LogP contribution in [0.1, 0.15) is 64.3 Å². The first-order valence-electron chi connectivity index (χ1n) is 13.8. The molecule has 2 aliphatic rings. The van der Waals surface area contributed by atoms with Gasteiger partial charge in [0.05, 0.1) is 11.0 Å². The third kappa shape index (κ3) is 5.79. The number of aliphatic hydroxyl groups is 1. The van der Waals surface area contributed by atoms with Crippen LogP contribution in [0.15, 0.2) is 78.3 Å². The second-order valence-electron chi connectivity index (χ2n) is 10.8. The number of imidazole rings is 1. The fraction of sp³-hybridized carbons (Fsp3) is 0.281. The molecule has 11 heteroatoms. The summed E-state index contributed by atoms with van der Waals surface area (Å²) in [5.74, 6) is -1.02. The maximum atomic E-state index is 12.3. The van der Waals surface area contributed by atoms with Crippen LogP contribution in [0.5, 0.6) is 0 Å². The highest BCUT2D eigenvalue weighted by molar-refractivity contribution is 7.09. The molecule has 6 nitrogen and oxygen atoms in total. The van der Waals surface area contributed by atoms with Crippen molar-refractivity contribution in [3.63, 3.8) is 0 Å². The van der Waals surface area contributed by atoms with E-state index in [0.717, 1.165) is 41.4 Å². The Labute approximate surface area is 254 Å². The molecule has 1 fully saturated rings. The van der Waals surface area contributed by atoms with Crippen molar-refractivity contribution in [2.45, 2.75) is 55.8 Å². The monoisotopic (exact) mass is 625 g/mol. The summed E-state index contributed by atoms with van der Waals surface area (Å²) in [4.78, 5) is 18.6. The van der Waals surface area contributed by atoms with Crippen LogP contribution < -0.4 is 0 Å². The zero-order valence-corrected chi connectivity index (χ0v) is 24.3.